The summed E-state index contributed by atoms with van der Waals surface area (Å²) in [5, 5.41) is 3.11. The highest BCUT2D eigenvalue weighted by Gasteiger charge is 2.11. The van der Waals surface area contributed by atoms with Crippen molar-refractivity contribution in [1.82, 2.24) is 19.5 Å². The number of hydrogen-bond acceptors (Lipinski definition) is 5. The standard InChI is InChI=1S/C13H11ClN6O/c14-8-5-16-13(17-6-11(15)21)19-12(8)20-7-18-9-3-1-2-4-10(9)20/h1-5,7H,6H2,(H2,15,21)(H,16,17,19). The van der Waals surface area contributed by atoms with Crippen LogP contribution in [0.3, 0.4) is 0 Å². The third-order valence-electron chi connectivity index (χ3n) is 2.83. The Bertz CT molecular complexity index is 815. The van der Waals surface area contributed by atoms with Crippen LogP contribution >= 0.6 is 11.6 Å². The third-order valence-corrected chi connectivity index (χ3v) is 3.09. The summed E-state index contributed by atoms with van der Waals surface area (Å²) in [5.41, 5.74) is 6.79. The molecule has 0 saturated carbocycles. The number of primary amides is 1. The Morgan fingerprint density at radius 1 is 1.33 bits per heavy atom. The van der Waals surface area contributed by atoms with E-state index in [-0.39, 0.29) is 12.5 Å². The number of rotatable bonds is 4. The summed E-state index contributed by atoms with van der Waals surface area (Å²) in [5.74, 6) is 0.251. The smallest absolute Gasteiger partial charge is 0.236 e. The van der Waals surface area contributed by atoms with Gasteiger partial charge in [0.25, 0.3) is 0 Å². The molecule has 106 valence electrons. The number of imidazole rings is 1. The molecule has 0 unspecified atom stereocenters. The van der Waals surface area contributed by atoms with E-state index in [1.54, 1.807) is 10.9 Å². The Morgan fingerprint density at radius 3 is 2.95 bits per heavy atom. The minimum Gasteiger partial charge on any atom is -0.368 e. The molecular formula is C13H11ClN6O. The zero-order valence-electron chi connectivity index (χ0n) is 10.8. The first-order valence-corrected chi connectivity index (χ1v) is 6.50. The average molecular weight is 303 g/mol. The quantitative estimate of drug-likeness (QED) is 0.758. The van der Waals surface area contributed by atoms with Gasteiger partial charge >= 0.3 is 0 Å². The molecular weight excluding hydrogens is 292 g/mol. The van der Waals surface area contributed by atoms with Crippen LogP contribution < -0.4 is 11.1 Å². The zero-order valence-corrected chi connectivity index (χ0v) is 11.6. The number of nitrogens with two attached hydrogens (primary N) is 1. The number of fused-ring (bicyclic) bond motifs is 1. The molecule has 2 aromatic heterocycles. The Morgan fingerprint density at radius 2 is 2.14 bits per heavy atom. The number of benzene rings is 1. The van der Waals surface area contributed by atoms with Gasteiger partial charge in [-0.25, -0.2) is 9.97 Å². The van der Waals surface area contributed by atoms with Gasteiger partial charge in [-0.2, -0.15) is 4.98 Å². The molecule has 0 aliphatic heterocycles. The van der Waals surface area contributed by atoms with Crippen molar-refractivity contribution in [2.75, 3.05) is 11.9 Å². The summed E-state index contributed by atoms with van der Waals surface area (Å²) in [4.78, 5) is 23.4. The molecule has 0 spiro atoms. The highest BCUT2D eigenvalue weighted by atomic mass is 35.5. The largest absolute Gasteiger partial charge is 0.368 e. The molecule has 3 aromatic rings. The molecule has 7 nitrogen and oxygen atoms in total. The molecule has 3 N–H and O–H groups in total. The number of hydrogen-bond donors (Lipinski definition) is 2. The first-order chi connectivity index (χ1) is 10.1. The van der Waals surface area contributed by atoms with Gasteiger partial charge in [0.15, 0.2) is 5.82 Å². The van der Waals surface area contributed by atoms with Crippen LogP contribution in [-0.4, -0.2) is 32.0 Å². The van der Waals surface area contributed by atoms with Gasteiger partial charge in [0.05, 0.1) is 23.8 Å². The van der Waals surface area contributed by atoms with Gasteiger partial charge in [-0.05, 0) is 12.1 Å². The normalized spacial score (nSPS) is 10.7. The zero-order chi connectivity index (χ0) is 14.8. The Balaban J connectivity index is 2.04. The molecule has 0 bridgehead atoms. The molecule has 8 heteroatoms. The van der Waals surface area contributed by atoms with E-state index in [9.17, 15) is 4.79 Å². The first kappa shape index (κ1) is 13.3. The minimum absolute atomic E-state index is 0.0499. The molecule has 0 atom stereocenters. The average Bonchev–Trinajstić information content (AvgIpc) is 2.90. The first-order valence-electron chi connectivity index (χ1n) is 6.12. The van der Waals surface area contributed by atoms with E-state index in [0.717, 1.165) is 11.0 Å². The molecule has 1 amide bonds. The highest BCUT2D eigenvalue weighted by Crippen LogP contribution is 2.23. The maximum absolute atomic E-state index is 10.8. The SMILES string of the molecule is NC(=O)CNc1ncc(Cl)c(-n2cnc3ccccc32)n1. The monoisotopic (exact) mass is 302 g/mol. The van der Waals surface area contributed by atoms with E-state index < -0.39 is 5.91 Å². The van der Waals surface area contributed by atoms with Crippen molar-refractivity contribution in [1.29, 1.82) is 0 Å². The van der Waals surface area contributed by atoms with Crippen LogP contribution in [0.5, 0.6) is 0 Å². The molecule has 0 saturated heterocycles. The predicted octanol–water partition coefficient (Wildman–Crippen LogP) is 1.37. The Hall–Kier alpha value is -2.67. The van der Waals surface area contributed by atoms with Crippen LogP contribution in [0.2, 0.25) is 5.02 Å². The van der Waals surface area contributed by atoms with Crippen LogP contribution in [0.15, 0.2) is 36.8 Å². The van der Waals surface area contributed by atoms with E-state index in [2.05, 4.69) is 20.3 Å². The van der Waals surface area contributed by atoms with Crippen LogP contribution in [0.1, 0.15) is 0 Å². The van der Waals surface area contributed by atoms with Gasteiger partial charge in [-0.1, -0.05) is 23.7 Å². The van der Waals surface area contributed by atoms with Crippen molar-refractivity contribution >= 4 is 34.5 Å². The molecule has 0 radical (unpaired) electrons. The summed E-state index contributed by atoms with van der Waals surface area (Å²) in [7, 11) is 0. The lowest BCUT2D eigenvalue weighted by Gasteiger charge is -2.08. The fourth-order valence-corrected chi connectivity index (χ4v) is 2.09. The number of carbonyl (C=O) groups is 1. The summed E-state index contributed by atoms with van der Waals surface area (Å²) >= 11 is 6.16. The molecule has 3 rings (SSSR count). The number of anilines is 1. The molecule has 2 heterocycles. The topological polar surface area (TPSA) is 98.7 Å². The second kappa shape index (κ2) is 5.37. The lowest BCUT2D eigenvalue weighted by atomic mass is 10.3. The third kappa shape index (κ3) is 2.63. The number of halogens is 1. The highest BCUT2D eigenvalue weighted by molar-refractivity contribution is 6.32. The second-order valence-electron chi connectivity index (χ2n) is 4.29. The molecule has 21 heavy (non-hydrogen) atoms. The van der Waals surface area contributed by atoms with Gasteiger partial charge in [0.1, 0.15) is 11.3 Å². The maximum atomic E-state index is 10.8. The van der Waals surface area contributed by atoms with E-state index in [0.29, 0.717) is 10.8 Å². The van der Waals surface area contributed by atoms with E-state index in [4.69, 9.17) is 17.3 Å². The minimum atomic E-state index is -0.497. The number of nitrogens with zero attached hydrogens (tertiary/aromatic N) is 4. The van der Waals surface area contributed by atoms with Crippen molar-refractivity contribution in [3.8, 4) is 5.82 Å². The maximum Gasteiger partial charge on any atom is 0.236 e. The summed E-state index contributed by atoms with van der Waals surface area (Å²) in [6.07, 6.45) is 3.10. The Labute approximate surface area is 124 Å². The van der Waals surface area contributed by atoms with Crippen molar-refractivity contribution in [3.63, 3.8) is 0 Å². The van der Waals surface area contributed by atoms with Gasteiger partial charge < -0.3 is 11.1 Å². The lowest BCUT2D eigenvalue weighted by molar-refractivity contribution is -0.116. The fourth-order valence-electron chi connectivity index (χ4n) is 1.91. The molecule has 1 aromatic carbocycles. The van der Waals surface area contributed by atoms with Crippen molar-refractivity contribution in [3.05, 3.63) is 41.8 Å². The van der Waals surface area contributed by atoms with Crippen LogP contribution in [0, 0.1) is 0 Å². The van der Waals surface area contributed by atoms with Gasteiger partial charge in [0, 0.05) is 0 Å². The number of para-hydroxylation sites is 2. The van der Waals surface area contributed by atoms with Gasteiger partial charge in [-0.3, -0.25) is 9.36 Å². The van der Waals surface area contributed by atoms with Gasteiger partial charge in [-0.15, -0.1) is 0 Å². The second-order valence-corrected chi connectivity index (χ2v) is 4.70. The van der Waals surface area contributed by atoms with Crippen molar-refractivity contribution in [2.24, 2.45) is 5.73 Å². The van der Waals surface area contributed by atoms with Crippen molar-refractivity contribution < 1.29 is 4.79 Å². The van der Waals surface area contributed by atoms with Crippen LogP contribution in [0.25, 0.3) is 16.9 Å². The molecule has 0 aliphatic carbocycles. The molecule has 0 fully saturated rings. The van der Waals surface area contributed by atoms with E-state index >= 15 is 0 Å². The Kier molecular flexibility index (Phi) is 3.41. The lowest BCUT2D eigenvalue weighted by Crippen LogP contribution is -2.22. The fraction of sp³-hybridized carbons (Fsp3) is 0.0769. The summed E-state index contributed by atoms with van der Waals surface area (Å²) in [6, 6.07) is 7.62. The number of carbonyl (C=O) groups excluding carboxylic acids is 1. The summed E-state index contributed by atoms with van der Waals surface area (Å²) < 4.78 is 1.76. The van der Waals surface area contributed by atoms with E-state index in [1.807, 2.05) is 24.3 Å². The van der Waals surface area contributed by atoms with Crippen LogP contribution in [0.4, 0.5) is 5.95 Å². The number of amides is 1. The van der Waals surface area contributed by atoms with Crippen molar-refractivity contribution in [2.45, 2.75) is 0 Å². The summed E-state index contributed by atoms with van der Waals surface area (Å²) in [6.45, 7) is -0.0499. The van der Waals surface area contributed by atoms with E-state index in [1.165, 1.54) is 6.20 Å². The van der Waals surface area contributed by atoms with Gasteiger partial charge in [0.2, 0.25) is 11.9 Å². The number of nitrogens with one attached hydrogen (secondary N) is 1. The van der Waals surface area contributed by atoms with Crippen LogP contribution in [-0.2, 0) is 4.79 Å². The number of aromatic nitrogens is 4. The molecule has 0 aliphatic rings. The predicted molar refractivity (Wildman–Crippen MR) is 79.4 cm³/mol.